The van der Waals surface area contributed by atoms with Crippen molar-refractivity contribution in [2.24, 2.45) is 0 Å². The average Bonchev–Trinajstić information content (AvgIpc) is 2.91. The van der Waals surface area contributed by atoms with Crippen LogP contribution in [0, 0.1) is 0 Å². The van der Waals surface area contributed by atoms with E-state index in [-0.39, 0.29) is 0 Å². The number of ether oxygens (including phenoxy) is 2. The molecule has 0 spiro atoms. The second-order valence-electron chi connectivity index (χ2n) is 4.42. The van der Waals surface area contributed by atoms with Crippen molar-refractivity contribution >= 4 is 17.3 Å². The quantitative estimate of drug-likeness (QED) is 0.772. The van der Waals surface area contributed by atoms with Gasteiger partial charge in [-0.05, 0) is 18.2 Å². The molecule has 0 saturated heterocycles. The van der Waals surface area contributed by atoms with Crippen molar-refractivity contribution in [3.8, 4) is 11.5 Å². The minimum atomic E-state index is 0.579. The van der Waals surface area contributed by atoms with Gasteiger partial charge in [-0.3, -0.25) is 4.40 Å². The molecule has 0 saturated carbocycles. The zero-order valence-corrected chi connectivity index (χ0v) is 10.6. The van der Waals surface area contributed by atoms with Crippen LogP contribution in [0.25, 0.3) is 5.78 Å². The molecule has 3 heterocycles. The maximum atomic E-state index is 5.57. The summed E-state index contributed by atoms with van der Waals surface area (Å²) in [6, 6.07) is 7.63. The van der Waals surface area contributed by atoms with Crippen LogP contribution in [0.2, 0.25) is 0 Å². The van der Waals surface area contributed by atoms with Gasteiger partial charge in [0.2, 0.25) is 5.78 Å². The zero-order chi connectivity index (χ0) is 13.4. The van der Waals surface area contributed by atoms with Crippen LogP contribution in [0.4, 0.5) is 11.5 Å². The van der Waals surface area contributed by atoms with Crippen LogP contribution < -0.4 is 14.8 Å². The van der Waals surface area contributed by atoms with Crippen LogP contribution in [0.1, 0.15) is 0 Å². The SMILES string of the molecule is c1cnc2ncc(Nc3ccc4c(c3)OCCO4)n2c1. The Hall–Kier alpha value is -2.76. The Bertz CT molecular complexity index is 769. The lowest BCUT2D eigenvalue weighted by Gasteiger charge is -2.19. The zero-order valence-electron chi connectivity index (χ0n) is 10.6. The fourth-order valence-corrected chi connectivity index (χ4v) is 2.19. The molecule has 0 radical (unpaired) electrons. The largest absolute Gasteiger partial charge is 0.486 e. The van der Waals surface area contributed by atoms with Crippen molar-refractivity contribution in [2.45, 2.75) is 0 Å². The van der Waals surface area contributed by atoms with E-state index in [9.17, 15) is 0 Å². The Morgan fingerprint density at radius 1 is 1.10 bits per heavy atom. The van der Waals surface area contributed by atoms with Crippen LogP contribution in [0.15, 0.2) is 42.9 Å². The van der Waals surface area contributed by atoms with Gasteiger partial charge in [-0.15, -0.1) is 0 Å². The summed E-state index contributed by atoms with van der Waals surface area (Å²) < 4.78 is 13.0. The van der Waals surface area contributed by atoms with Crippen LogP contribution >= 0.6 is 0 Å². The smallest absolute Gasteiger partial charge is 0.235 e. The molecule has 0 unspecified atom stereocenters. The molecule has 6 heteroatoms. The highest BCUT2D eigenvalue weighted by Crippen LogP contribution is 2.33. The Morgan fingerprint density at radius 2 is 2.00 bits per heavy atom. The maximum absolute atomic E-state index is 5.57. The lowest BCUT2D eigenvalue weighted by atomic mass is 10.2. The van der Waals surface area contributed by atoms with Gasteiger partial charge >= 0.3 is 0 Å². The van der Waals surface area contributed by atoms with Gasteiger partial charge in [0, 0.05) is 24.1 Å². The summed E-state index contributed by atoms with van der Waals surface area (Å²) in [7, 11) is 0. The number of imidazole rings is 1. The van der Waals surface area contributed by atoms with Gasteiger partial charge in [0.1, 0.15) is 19.0 Å². The Labute approximate surface area is 115 Å². The van der Waals surface area contributed by atoms with Gasteiger partial charge in [-0.2, -0.15) is 0 Å². The van der Waals surface area contributed by atoms with Crippen molar-refractivity contribution in [1.82, 2.24) is 14.4 Å². The molecule has 4 rings (SSSR count). The van der Waals surface area contributed by atoms with E-state index in [0.717, 1.165) is 23.0 Å². The fourth-order valence-electron chi connectivity index (χ4n) is 2.19. The van der Waals surface area contributed by atoms with E-state index in [1.54, 1.807) is 12.4 Å². The summed E-state index contributed by atoms with van der Waals surface area (Å²) in [4.78, 5) is 8.42. The number of hydrogen-bond donors (Lipinski definition) is 1. The van der Waals surface area contributed by atoms with Crippen molar-refractivity contribution in [1.29, 1.82) is 0 Å². The lowest BCUT2D eigenvalue weighted by molar-refractivity contribution is 0.171. The molecule has 0 fully saturated rings. The second-order valence-corrected chi connectivity index (χ2v) is 4.42. The highest BCUT2D eigenvalue weighted by molar-refractivity contribution is 5.63. The summed E-state index contributed by atoms with van der Waals surface area (Å²) in [6.07, 6.45) is 5.38. The van der Waals surface area contributed by atoms with Gasteiger partial charge in [-0.25, -0.2) is 9.97 Å². The van der Waals surface area contributed by atoms with E-state index in [2.05, 4.69) is 15.3 Å². The Kier molecular flexibility index (Phi) is 2.45. The Balaban J connectivity index is 1.68. The number of fused-ring (bicyclic) bond motifs is 2. The molecule has 1 aliphatic heterocycles. The standard InChI is InChI=1S/C14H12N4O2/c1-4-15-14-16-9-13(18(14)5-1)17-10-2-3-11-12(8-10)20-7-6-19-11/h1-5,8-9,17H,6-7H2. The molecule has 0 bridgehead atoms. The number of rotatable bonds is 2. The van der Waals surface area contributed by atoms with Crippen LogP contribution in [-0.4, -0.2) is 27.6 Å². The van der Waals surface area contributed by atoms with Crippen LogP contribution in [0.5, 0.6) is 11.5 Å². The van der Waals surface area contributed by atoms with E-state index < -0.39 is 0 Å². The van der Waals surface area contributed by atoms with Gasteiger partial charge in [0.25, 0.3) is 0 Å². The fraction of sp³-hybridized carbons (Fsp3) is 0.143. The minimum Gasteiger partial charge on any atom is -0.486 e. The third-order valence-corrected chi connectivity index (χ3v) is 3.10. The molecular formula is C14H12N4O2. The molecule has 3 aromatic rings. The van der Waals surface area contributed by atoms with Crippen LogP contribution in [-0.2, 0) is 0 Å². The topological polar surface area (TPSA) is 60.7 Å². The normalized spacial score (nSPS) is 13.4. The van der Waals surface area contributed by atoms with E-state index in [1.165, 1.54) is 0 Å². The average molecular weight is 268 g/mol. The summed E-state index contributed by atoms with van der Waals surface area (Å²) in [5, 5.41) is 3.30. The molecule has 2 aromatic heterocycles. The van der Waals surface area contributed by atoms with Crippen molar-refractivity contribution in [3.63, 3.8) is 0 Å². The molecule has 6 nitrogen and oxygen atoms in total. The maximum Gasteiger partial charge on any atom is 0.235 e. The second kappa shape index (κ2) is 4.41. The summed E-state index contributed by atoms with van der Waals surface area (Å²) in [5.74, 6) is 3.05. The third-order valence-electron chi connectivity index (χ3n) is 3.10. The first-order chi connectivity index (χ1) is 9.90. The summed E-state index contributed by atoms with van der Waals surface area (Å²) >= 11 is 0. The number of nitrogens with zero attached hydrogens (tertiary/aromatic N) is 3. The molecule has 20 heavy (non-hydrogen) atoms. The first-order valence-electron chi connectivity index (χ1n) is 6.35. The monoisotopic (exact) mass is 268 g/mol. The molecule has 100 valence electrons. The van der Waals surface area contributed by atoms with Crippen molar-refractivity contribution < 1.29 is 9.47 Å². The highest BCUT2D eigenvalue weighted by atomic mass is 16.6. The van der Waals surface area contributed by atoms with Gasteiger partial charge < -0.3 is 14.8 Å². The van der Waals surface area contributed by atoms with E-state index in [1.807, 2.05) is 34.9 Å². The summed E-state index contributed by atoms with van der Waals surface area (Å²) in [6.45, 7) is 1.18. The summed E-state index contributed by atoms with van der Waals surface area (Å²) in [5.41, 5.74) is 0.917. The predicted molar refractivity (Wildman–Crippen MR) is 73.7 cm³/mol. The predicted octanol–water partition coefficient (Wildman–Crippen LogP) is 2.24. The number of benzene rings is 1. The van der Waals surface area contributed by atoms with Crippen molar-refractivity contribution in [3.05, 3.63) is 42.9 Å². The molecule has 0 aliphatic carbocycles. The minimum absolute atomic E-state index is 0.579. The van der Waals surface area contributed by atoms with Gasteiger partial charge in [0.05, 0.1) is 6.20 Å². The molecular weight excluding hydrogens is 256 g/mol. The van der Waals surface area contributed by atoms with E-state index in [4.69, 9.17) is 9.47 Å². The molecule has 0 atom stereocenters. The first-order valence-corrected chi connectivity index (χ1v) is 6.35. The Morgan fingerprint density at radius 3 is 2.95 bits per heavy atom. The highest BCUT2D eigenvalue weighted by Gasteiger charge is 2.12. The number of hydrogen-bond acceptors (Lipinski definition) is 5. The molecule has 1 aromatic carbocycles. The first kappa shape index (κ1) is 11.1. The molecule has 0 amide bonds. The number of anilines is 2. The lowest BCUT2D eigenvalue weighted by Crippen LogP contribution is -2.15. The number of nitrogens with one attached hydrogen (secondary N) is 1. The van der Waals surface area contributed by atoms with E-state index in [0.29, 0.717) is 19.0 Å². The van der Waals surface area contributed by atoms with Crippen molar-refractivity contribution in [2.75, 3.05) is 18.5 Å². The molecule has 1 aliphatic rings. The van der Waals surface area contributed by atoms with Gasteiger partial charge in [-0.1, -0.05) is 0 Å². The third kappa shape index (κ3) is 1.82. The van der Waals surface area contributed by atoms with Crippen LogP contribution in [0.3, 0.4) is 0 Å². The molecule has 1 N–H and O–H groups in total. The van der Waals surface area contributed by atoms with Gasteiger partial charge in [0.15, 0.2) is 11.5 Å². The number of aromatic nitrogens is 3. The van der Waals surface area contributed by atoms with E-state index >= 15 is 0 Å².